The van der Waals surface area contributed by atoms with Crippen molar-refractivity contribution in [1.29, 1.82) is 0 Å². The Morgan fingerprint density at radius 2 is 1.79 bits per heavy atom. The third-order valence-electron chi connectivity index (χ3n) is 6.02. The van der Waals surface area contributed by atoms with Crippen molar-refractivity contribution in [1.82, 2.24) is 4.98 Å². The minimum atomic E-state index is -0.285. The molecular weight excluding hydrogens is 578 g/mol. The number of nitrogens with zero attached hydrogens (tertiary/aromatic N) is 2. The maximum absolute atomic E-state index is 12.9. The van der Waals surface area contributed by atoms with Crippen LogP contribution in [0.25, 0.3) is 21.5 Å². The molecule has 0 aliphatic carbocycles. The lowest BCUT2D eigenvalue weighted by Crippen LogP contribution is -2.23. The molecule has 38 heavy (non-hydrogen) atoms. The van der Waals surface area contributed by atoms with Crippen LogP contribution in [0, 0.1) is 20.8 Å². The third-order valence-corrected chi connectivity index (χ3v) is 8.76. The second-order valence-electron chi connectivity index (χ2n) is 9.12. The zero-order valence-corrected chi connectivity index (χ0v) is 24.6. The fraction of sp³-hybridized carbons (Fsp3) is 0.167. The van der Waals surface area contributed by atoms with Crippen molar-refractivity contribution in [2.75, 3.05) is 5.32 Å². The van der Waals surface area contributed by atoms with E-state index in [9.17, 15) is 4.79 Å². The van der Waals surface area contributed by atoms with Crippen molar-refractivity contribution in [2.24, 2.45) is 4.99 Å². The number of furan rings is 1. The summed E-state index contributed by atoms with van der Waals surface area (Å²) in [6.07, 6.45) is 1.72. The zero-order valence-electron chi connectivity index (χ0n) is 21.4. The van der Waals surface area contributed by atoms with E-state index >= 15 is 0 Å². The molecule has 1 amide bonds. The standard InChI is InChI=1S/C30H26BrN3O2S2/c1-17-13-18(2)28(19(3)14-17)34-29(35)20(4)37-30-33-25-11-9-23(15-27(25)38-30)32-16-24-10-12-26(36-24)21-5-7-22(31)8-6-21/h5-16,20H,1-4H3,(H,34,35). The van der Waals surface area contributed by atoms with E-state index in [2.05, 4.69) is 45.3 Å². The van der Waals surface area contributed by atoms with Gasteiger partial charge in [0.25, 0.3) is 0 Å². The number of thiazole rings is 1. The van der Waals surface area contributed by atoms with E-state index in [1.807, 2.05) is 75.4 Å². The molecule has 0 saturated heterocycles. The number of halogens is 1. The van der Waals surface area contributed by atoms with Crippen molar-refractivity contribution in [3.63, 3.8) is 0 Å². The minimum absolute atomic E-state index is 0.0319. The van der Waals surface area contributed by atoms with E-state index in [4.69, 9.17) is 9.40 Å². The van der Waals surface area contributed by atoms with E-state index < -0.39 is 0 Å². The molecule has 192 valence electrons. The van der Waals surface area contributed by atoms with Crippen LogP contribution in [0.3, 0.4) is 0 Å². The topological polar surface area (TPSA) is 67.5 Å². The third kappa shape index (κ3) is 6.09. The Morgan fingerprint density at radius 3 is 2.53 bits per heavy atom. The lowest BCUT2D eigenvalue weighted by atomic mass is 10.1. The fourth-order valence-corrected chi connectivity index (χ4v) is 6.67. The molecule has 0 bridgehead atoms. The van der Waals surface area contributed by atoms with E-state index in [1.165, 1.54) is 17.3 Å². The first-order valence-electron chi connectivity index (χ1n) is 12.1. The number of anilines is 1. The van der Waals surface area contributed by atoms with Gasteiger partial charge in [-0.2, -0.15) is 0 Å². The van der Waals surface area contributed by atoms with Gasteiger partial charge < -0.3 is 9.73 Å². The minimum Gasteiger partial charge on any atom is -0.455 e. The molecule has 1 N–H and O–H groups in total. The SMILES string of the molecule is Cc1cc(C)c(NC(=O)C(C)Sc2nc3ccc(N=Cc4ccc(-c5ccc(Br)cc5)o4)cc3s2)c(C)c1. The molecule has 8 heteroatoms. The maximum atomic E-state index is 12.9. The Balaban J connectivity index is 1.25. The van der Waals surface area contributed by atoms with Gasteiger partial charge in [-0.05, 0) is 81.3 Å². The molecule has 2 aromatic heterocycles. The number of fused-ring (bicyclic) bond motifs is 1. The monoisotopic (exact) mass is 603 g/mol. The van der Waals surface area contributed by atoms with Gasteiger partial charge >= 0.3 is 0 Å². The summed E-state index contributed by atoms with van der Waals surface area (Å²) in [5.74, 6) is 1.45. The highest BCUT2D eigenvalue weighted by Gasteiger charge is 2.19. The van der Waals surface area contributed by atoms with Crippen molar-refractivity contribution >= 4 is 72.7 Å². The average molecular weight is 605 g/mol. The Hall–Kier alpha value is -3.20. The quantitative estimate of drug-likeness (QED) is 0.149. The van der Waals surface area contributed by atoms with E-state index in [0.29, 0.717) is 5.76 Å². The highest BCUT2D eigenvalue weighted by atomic mass is 79.9. The Morgan fingerprint density at radius 1 is 1.05 bits per heavy atom. The van der Waals surface area contributed by atoms with Gasteiger partial charge in [0, 0.05) is 15.7 Å². The van der Waals surface area contributed by atoms with Crippen LogP contribution in [0.5, 0.6) is 0 Å². The molecule has 5 nitrogen and oxygen atoms in total. The lowest BCUT2D eigenvalue weighted by molar-refractivity contribution is -0.115. The number of nitrogens with one attached hydrogen (secondary N) is 1. The van der Waals surface area contributed by atoms with Crippen LogP contribution in [0.1, 0.15) is 29.4 Å². The number of carbonyl (C=O) groups is 1. The van der Waals surface area contributed by atoms with Gasteiger partial charge in [-0.15, -0.1) is 11.3 Å². The summed E-state index contributed by atoms with van der Waals surface area (Å²) in [7, 11) is 0. The van der Waals surface area contributed by atoms with Gasteiger partial charge in [0.1, 0.15) is 11.5 Å². The average Bonchev–Trinajstić information content (AvgIpc) is 3.51. The zero-order chi connectivity index (χ0) is 26.8. The highest BCUT2D eigenvalue weighted by molar-refractivity contribution is 9.10. The second-order valence-corrected chi connectivity index (χ2v) is 12.7. The number of amides is 1. The first kappa shape index (κ1) is 26.4. The summed E-state index contributed by atoms with van der Waals surface area (Å²) in [6.45, 7) is 8.02. The summed E-state index contributed by atoms with van der Waals surface area (Å²) in [5, 5.41) is 2.82. The summed E-state index contributed by atoms with van der Waals surface area (Å²) in [4.78, 5) is 22.2. The van der Waals surface area contributed by atoms with Crippen molar-refractivity contribution in [2.45, 2.75) is 37.3 Å². The summed E-state index contributed by atoms with van der Waals surface area (Å²) >= 11 is 6.49. The van der Waals surface area contributed by atoms with Crippen LogP contribution in [-0.4, -0.2) is 22.4 Å². The Kier molecular flexibility index (Phi) is 7.83. The number of aliphatic imine (C=N–C) groups is 1. The number of aryl methyl sites for hydroxylation is 3. The number of hydrogen-bond donors (Lipinski definition) is 1. The molecule has 2 heterocycles. The van der Waals surface area contributed by atoms with Gasteiger partial charge in [0.2, 0.25) is 5.91 Å². The molecule has 3 aromatic carbocycles. The van der Waals surface area contributed by atoms with Gasteiger partial charge in [-0.1, -0.05) is 57.5 Å². The molecule has 1 atom stereocenters. The Bertz CT molecular complexity index is 1630. The van der Waals surface area contributed by atoms with Gasteiger partial charge in [0.05, 0.1) is 27.4 Å². The predicted octanol–water partition coefficient (Wildman–Crippen LogP) is 9.11. The molecule has 1 unspecified atom stereocenters. The van der Waals surface area contributed by atoms with E-state index in [0.717, 1.165) is 52.9 Å². The number of aromatic nitrogens is 1. The molecule has 5 aromatic rings. The largest absolute Gasteiger partial charge is 0.455 e. The lowest BCUT2D eigenvalue weighted by Gasteiger charge is -2.15. The Labute approximate surface area is 238 Å². The fourth-order valence-electron chi connectivity index (χ4n) is 4.16. The molecule has 0 spiro atoms. The van der Waals surface area contributed by atoms with Crippen LogP contribution in [-0.2, 0) is 4.79 Å². The highest BCUT2D eigenvalue weighted by Crippen LogP contribution is 2.35. The first-order valence-corrected chi connectivity index (χ1v) is 14.6. The first-order chi connectivity index (χ1) is 18.2. The van der Waals surface area contributed by atoms with E-state index in [-0.39, 0.29) is 11.2 Å². The van der Waals surface area contributed by atoms with Crippen LogP contribution in [0.15, 0.2) is 85.0 Å². The van der Waals surface area contributed by atoms with Crippen molar-refractivity contribution in [3.8, 4) is 11.3 Å². The van der Waals surface area contributed by atoms with Crippen LogP contribution >= 0.6 is 39.0 Å². The normalized spacial score (nSPS) is 12.3. The molecular formula is C30H26BrN3O2S2. The molecule has 0 aliphatic heterocycles. The van der Waals surface area contributed by atoms with Crippen LogP contribution < -0.4 is 5.32 Å². The van der Waals surface area contributed by atoms with Crippen LogP contribution in [0.2, 0.25) is 0 Å². The number of thioether (sulfide) groups is 1. The maximum Gasteiger partial charge on any atom is 0.237 e. The number of benzene rings is 3. The van der Waals surface area contributed by atoms with Crippen LogP contribution in [0.4, 0.5) is 11.4 Å². The summed E-state index contributed by atoms with van der Waals surface area (Å²) in [5.41, 5.74) is 6.94. The van der Waals surface area contributed by atoms with Gasteiger partial charge in [-0.25, -0.2) is 4.98 Å². The molecule has 0 aliphatic rings. The molecule has 5 rings (SSSR count). The summed E-state index contributed by atoms with van der Waals surface area (Å²) < 4.78 is 8.84. The van der Waals surface area contributed by atoms with Crippen molar-refractivity contribution in [3.05, 3.63) is 93.7 Å². The molecule has 0 fully saturated rings. The van der Waals surface area contributed by atoms with Gasteiger partial charge in [0.15, 0.2) is 4.34 Å². The molecule has 0 saturated carbocycles. The van der Waals surface area contributed by atoms with E-state index in [1.54, 1.807) is 17.6 Å². The smallest absolute Gasteiger partial charge is 0.237 e. The molecule has 0 radical (unpaired) electrons. The van der Waals surface area contributed by atoms with Gasteiger partial charge in [-0.3, -0.25) is 9.79 Å². The number of rotatable bonds is 7. The van der Waals surface area contributed by atoms with Crippen molar-refractivity contribution < 1.29 is 9.21 Å². The second kappa shape index (κ2) is 11.3. The number of hydrogen-bond acceptors (Lipinski definition) is 6. The predicted molar refractivity (Wildman–Crippen MR) is 163 cm³/mol. The number of carbonyl (C=O) groups excluding carboxylic acids is 1. The summed E-state index contributed by atoms with van der Waals surface area (Å²) in [6, 6.07) is 21.9.